The van der Waals surface area contributed by atoms with Gasteiger partial charge in [0.05, 0.1) is 4.92 Å². The molecule has 1 aromatic heterocycles. The van der Waals surface area contributed by atoms with E-state index >= 15 is 0 Å². The summed E-state index contributed by atoms with van der Waals surface area (Å²) in [6.07, 6.45) is -0.0594. The lowest BCUT2D eigenvalue weighted by Gasteiger charge is -2.29. The molecular formula is C28H31F3N6O4. The minimum Gasteiger partial charge on any atom is -0.405 e. The fourth-order valence-corrected chi connectivity index (χ4v) is 4.75. The van der Waals surface area contributed by atoms with Crippen molar-refractivity contribution in [2.75, 3.05) is 17.2 Å². The largest absolute Gasteiger partial charge is 0.573 e. The van der Waals surface area contributed by atoms with Crippen LogP contribution < -0.4 is 20.7 Å². The quantitative estimate of drug-likeness (QED) is 0.139. The van der Waals surface area contributed by atoms with Crippen molar-refractivity contribution in [1.29, 1.82) is 0 Å². The third-order valence-corrected chi connectivity index (χ3v) is 6.93. The van der Waals surface area contributed by atoms with E-state index in [1.807, 2.05) is 18.2 Å². The lowest BCUT2D eigenvalue weighted by molar-refractivity contribution is -0.384. The van der Waals surface area contributed by atoms with Crippen molar-refractivity contribution in [2.45, 2.75) is 58.1 Å². The number of ether oxygens (including phenoxy) is 1. The number of benzene rings is 2. The molecule has 0 atom stereocenters. The van der Waals surface area contributed by atoms with Gasteiger partial charge in [0, 0.05) is 36.8 Å². The highest BCUT2D eigenvalue weighted by atomic mass is 19.4. The summed E-state index contributed by atoms with van der Waals surface area (Å²) in [6.45, 7) is 2.61. The number of nitrogens with one attached hydrogen (secondary N) is 3. The summed E-state index contributed by atoms with van der Waals surface area (Å²) in [5.74, 6) is 0.0287. The van der Waals surface area contributed by atoms with Crippen LogP contribution in [0.5, 0.6) is 5.75 Å². The Morgan fingerprint density at radius 1 is 1.07 bits per heavy atom. The first kappa shape index (κ1) is 29.7. The van der Waals surface area contributed by atoms with Crippen molar-refractivity contribution in [3.63, 3.8) is 0 Å². The molecule has 1 heterocycles. The summed E-state index contributed by atoms with van der Waals surface area (Å²) in [7, 11) is 0. The second-order valence-corrected chi connectivity index (χ2v) is 9.93. The van der Waals surface area contributed by atoms with Gasteiger partial charge in [-0.05, 0) is 56.2 Å². The highest BCUT2D eigenvalue weighted by Gasteiger charge is 2.32. The number of Topliss-reactive ketones (excluding diaryl/α,β-unsaturated/α-hetero) is 1. The monoisotopic (exact) mass is 572 g/mol. The Kier molecular flexibility index (Phi) is 9.71. The molecule has 0 spiro atoms. The number of hydrogen-bond acceptors (Lipinski definition) is 9. The highest BCUT2D eigenvalue weighted by molar-refractivity contribution is 5.94. The minimum atomic E-state index is -4.84. The Morgan fingerprint density at radius 2 is 1.83 bits per heavy atom. The molecule has 0 radical (unpaired) electrons. The van der Waals surface area contributed by atoms with Crippen molar-refractivity contribution in [3.05, 3.63) is 81.5 Å². The molecule has 4 rings (SSSR count). The summed E-state index contributed by atoms with van der Waals surface area (Å²) in [5.41, 5.74) is 1.67. The topological polar surface area (TPSA) is 131 Å². The maximum absolute atomic E-state index is 12.7. The van der Waals surface area contributed by atoms with E-state index in [9.17, 15) is 28.1 Å². The van der Waals surface area contributed by atoms with Crippen LogP contribution in [0.1, 0.15) is 54.1 Å². The number of hydrogen-bond donors (Lipinski definition) is 3. The number of carbonyl (C=O) groups is 1. The van der Waals surface area contributed by atoms with E-state index in [-0.39, 0.29) is 47.0 Å². The minimum absolute atomic E-state index is 0.0293. The fourth-order valence-electron chi connectivity index (χ4n) is 4.75. The number of ketones is 1. The Bertz CT molecular complexity index is 1360. The third kappa shape index (κ3) is 8.87. The molecule has 41 heavy (non-hydrogen) atoms. The number of nitro groups is 1. The molecule has 1 aliphatic rings. The molecular weight excluding hydrogens is 541 g/mol. The summed E-state index contributed by atoms with van der Waals surface area (Å²) in [4.78, 5) is 30.7. The smallest absolute Gasteiger partial charge is 0.405 e. The van der Waals surface area contributed by atoms with Crippen LogP contribution in [-0.2, 0) is 13.1 Å². The van der Waals surface area contributed by atoms with Gasteiger partial charge in [-0.15, -0.1) is 13.2 Å². The van der Waals surface area contributed by atoms with E-state index in [4.69, 9.17) is 0 Å². The van der Waals surface area contributed by atoms with Crippen molar-refractivity contribution in [3.8, 4) is 5.75 Å². The van der Waals surface area contributed by atoms with Crippen molar-refractivity contribution in [1.82, 2.24) is 15.3 Å². The molecule has 10 nitrogen and oxygen atoms in total. The summed E-state index contributed by atoms with van der Waals surface area (Å²) < 4.78 is 42.2. The van der Waals surface area contributed by atoms with Crippen LogP contribution in [0, 0.1) is 16.0 Å². The average molecular weight is 573 g/mol. The lowest BCUT2D eigenvalue weighted by Crippen LogP contribution is -2.34. The molecule has 3 aromatic rings. The lowest BCUT2D eigenvalue weighted by atomic mass is 9.86. The average Bonchev–Trinajstić information content (AvgIpc) is 2.94. The number of halogens is 3. The van der Waals surface area contributed by atoms with Gasteiger partial charge in [0.25, 0.3) is 0 Å². The van der Waals surface area contributed by atoms with Gasteiger partial charge in [-0.2, -0.15) is 4.98 Å². The first-order valence-electron chi connectivity index (χ1n) is 13.2. The zero-order valence-electron chi connectivity index (χ0n) is 22.4. The Labute approximate surface area is 234 Å². The Balaban J connectivity index is 1.30. The van der Waals surface area contributed by atoms with Crippen molar-refractivity contribution < 1.29 is 27.6 Å². The molecule has 1 aliphatic carbocycles. The molecule has 1 fully saturated rings. The molecule has 218 valence electrons. The third-order valence-electron chi connectivity index (χ3n) is 6.93. The zero-order valence-corrected chi connectivity index (χ0v) is 22.4. The van der Waals surface area contributed by atoms with Crippen molar-refractivity contribution >= 4 is 23.2 Å². The van der Waals surface area contributed by atoms with Gasteiger partial charge in [0.2, 0.25) is 11.8 Å². The number of alkyl halides is 3. The Hall–Kier alpha value is -4.26. The van der Waals surface area contributed by atoms with Gasteiger partial charge in [0.1, 0.15) is 11.9 Å². The maximum atomic E-state index is 12.7. The molecule has 0 bridgehead atoms. The van der Waals surface area contributed by atoms with Gasteiger partial charge in [-0.1, -0.05) is 36.4 Å². The maximum Gasteiger partial charge on any atom is 0.573 e. The molecule has 3 N–H and O–H groups in total. The first-order chi connectivity index (χ1) is 19.6. The summed E-state index contributed by atoms with van der Waals surface area (Å²) in [6, 6.07) is 13.6. The molecule has 1 saturated carbocycles. The zero-order chi connectivity index (χ0) is 29.4. The second-order valence-electron chi connectivity index (χ2n) is 9.93. The van der Waals surface area contributed by atoms with Crippen LogP contribution in [0.4, 0.5) is 30.6 Å². The number of para-hydroxylation sites is 1. The van der Waals surface area contributed by atoms with Gasteiger partial charge in [-0.3, -0.25) is 14.9 Å². The van der Waals surface area contributed by atoms with Gasteiger partial charge in [0.15, 0.2) is 5.78 Å². The van der Waals surface area contributed by atoms with E-state index in [1.54, 1.807) is 19.1 Å². The van der Waals surface area contributed by atoms with Crippen LogP contribution in [0.3, 0.4) is 0 Å². The van der Waals surface area contributed by atoms with E-state index in [2.05, 4.69) is 30.7 Å². The molecule has 2 aromatic carbocycles. The van der Waals surface area contributed by atoms with Gasteiger partial charge < -0.3 is 20.7 Å². The van der Waals surface area contributed by atoms with Crippen LogP contribution in [0.2, 0.25) is 0 Å². The molecule has 0 saturated heterocycles. The number of aromatic nitrogens is 2. The number of nitrogens with zero attached hydrogens (tertiary/aromatic N) is 3. The standard InChI is InChI=1S/C28H31F3N6O4/c1-18(38)21-7-4-5-20(13-21)15-32-23-11-9-19(10-12-23)14-33-26-24(37(39)40)17-35-27(36-26)34-16-22-6-2-3-8-25(22)41-28(29,30)31/h2-8,13,17,19,23,32H,9-12,14-16H2,1H3,(H2,33,34,35,36)/t19-,23-. The number of anilines is 2. The van der Waals surface area contributed by atoms with Crippen LogP contribution in [-0.4, -0.2) is 39.6 Å². The van der Waals surface area contributed by atoms with Crippen LogP contribution >= 0.6 is 0 Å². The molecule has 13 heteroatoms. The number of rotatable bonds is 12. The summed E-state index contributed by atoms with van der Waals surface area (Å²) in [5, 5.41) is 21.0. The van der Waals surface area contributed by atoms with Crippen molar-refractivity contribution in [2.24, 2.45) is 5.92 Å². The fraction of sp³-hybridized carbons (Fsp3) is 0.393. The predicted molar refractivity (Wildman–Crippen MR) is 147 cm³/mol. The Morgan fingerprint density at radius 3 is 2.54 bits per heavy atom. The van der Waals surface area contributed by atoms with E-state index in [0.717, 1.165) is 37.4 Å². The van der Waals surface area contributed by atoms with E-state index in [0.29, 0.717) is 24.7 Å². The molecule has 0 unspecified atom stereocenters. The normalized spacial score (nSPS) is 17.1. The predicted octanol–water partition coefficient (Wildman–Crippen LogP) is 5.86. The molecule has 0 aliphatic heterocycles. The van der Waals surface area contributed by atoms with E-state index in [1.165, 1.54) is 18.2 Å². The summed E-state index contributed by atoms with van der Waals surface area (Å²) >= 11 is 0. The first-order valence-corrected chi connectivity index (χ1v) is 13.2. The molecule has 0 amide bonds. The van der Waals surface area contributed by atoms with E-state index < -0.39 is 11.3 Å². The number of carbonyl (C=O) groups excluding carboxylic acids is 1. The van der Waals surface area contributed by atoms with Crippen LogP contribution in [0.15, 0.2) is 54.7 Å². The SMILES string of the molecule is CC(=O)c1cccc(CN[C@H]2CC[C@H](CNc3nc(NCc4ccccc4OC(F)(F)F)ncc3[N+](=O)[O-])CC2)c1. The highest BCUT2D eigenvalue weighted by Crippen LogP contribution is 2.29. The van der Waals surface area contributed by atoms with Crippen LogP contribution in [0.25, 0.3) is 0 Å². The van der Waals surface area contributed by atoms with Gasteiger partial charge in [-0.25, -0.2) is 4.98 Å². The second kappa shape index (κ2) is 13.4. The van der Waals surface area contributed by atoms with Gasteiger partial charge >= 0.3 is 12.0 Å².